The average molecular weight is 571 g/mol. The maximum Gasteiger partial charge on any atom is 0.231 e. The highest BCUT2D eigenvalue weighted by Gasteiger charge is 2.41. The number of carbonyl (C=O) groups is 1. The smallest absolute Gasteiger partial charge is 0.231 e. The summed E-state index contributed by atoms with van der Waals surface area (Å²) in [6.07, 6.45) is 3.89. The van der Waals surface area contributed by atoms with Crippen molar-refractivity contribution < 1.29 is 9.90 Å². The van der Waals surface area contributed by atoms with Crippen LogP contribution in [0, 0.1) is 0 Å². The zero-order chi connectivity index (χ0) is 24.7. The number of fused-ring (bicyclic) bond motifs is 1. The van der Waals surface area contributed by atoms with Crippen molar-refractivity contribution in [1.29, 1.82) is 0 Å². The standard InChI is InChI=1S/C27H36ClN5O2.2ClH/c1-17(2)33-10-4-5-21(33)24(19-6-8-20(28)9-7-19)27(35)32-13-11-31(12-14-32)26-23-18(3)15-22(34)25(23)29-16-30-26;;/h6-9,16-18,21-22,24,34H,4-5,10-15H2,1-3H3;2*1H/t18-,21+,22-,24+;;/m1../s1. The number of hydrogen-bond donors (Lipinski definition) is 1. The van der Waals surface area contributed by atoms with Crippen LogP contribution in [0.4, 0.5) is 5.82 Å². The highest BCUT2D eigenvalue weighted by molar-refractivity contribution is 6.30. The van der Waals surface area contributed by atoms with Crippen LogP contribution in [0.2, 0.25) is 5.02 Å². The summed E-state index contributed by atoms with van der Waals surface area (Å²) in [6.45, 7) is 10.4. The minimum Gasteiger partial charge on any atom is -0.387 e. The largest absolute Gasteiger partial charge is 0.387 e. The fourth-order valence-corrected chi connectivity index (χ4v) is 6.43. The molecule has 2 saturated heterocycles. The van der Waals surface area contributed by atoms with E-state index in [1.165, 1.54) is 0 Å². The third-order valence-corrected chi connectivity index (χ3v) is 8.31. The Bertz CT molecular complexity index is 1060. The molecule has 3 aliphatic rings. The van der Waals surface area contributed by atoms with Crippen molar-refractivity contribution >= 4 is 48.1 Å². The van der Waals surface area contributed by atoms with Crippen molar-refractivity contribution in [3.05, 3.63) is 52.4 Å². The van der Waals surface area contributed by atoms with Gasteiger partial charge in [-0.25, -0.2) is 9.97 Å². The van der Waals surface area contributed by atoms with Crippen molar-refractivity contribution in [3.8, 4) is 0 Å². The number of amides is 1. The fraction of sp³-hybridized carbons (Fsp3) is 0.593. The molecule has 4 atom stereocenters. The lowest BCUT2D eigenvalue weighted by Gasteiger charge is -2.40. The molecule has 2 aliphatic heterocycles. The predicted molar refractivity (Wildman–Crippen MR) is 152 cm³/mol. The molecule has 10 heteroatoms. The van der Waals surface area contributed by atoms with E-state index in [2.05, 4.69) is 40.5 Å². The zero-order valence-corrected chi connectivity index (χ0v) is 24.1. The van der Waals surface area contributed by atoms with Gasteiger partial charge >= 0.3 is 0 Å². The summed E-state index contributed by atoms with van der Waals surface area (Å²) < 4.78 is 0. The molecule has 204 valence electrons. The van der Waals surface area contributed by atoms with E-state index in [4.69, 9.17) is 11.6 Å². The lowest BCUT2D eigenvalue weighted by molar-refractivity contribution is -0.134. The monoisotopic (exact) mass is 569 g/mol. The van der Waals surface area contributed by atoms with Gasteiger partial charge in [0.1, 0.15) is 12.1 Å². The first-order chi connectivity index (χ1) is 16.8. The minimum atomic E-state index is -0.514. The molecule has 1 amide bonds. The van der Waals surface area contributed by atoms with Gasteiger partial charge in [0.15, 0.2) is 0 Å². The normalized spacial score (nSPS) is 24.4. The first-order valence-electron chi connectivity index (χ1n) is 12.9. The molecule has 1 aromatic heterocycles. The van der Waals surface area contributed by atoms with Crippen molar-refractivity contribution in [2.45, 2.75) is 70.1 Å². The number of benzene rings is 1. The highest BCUT2D eigenvalue weighted by atomic mass is 35.5. The molecule has 0 bridgehead atoms. The Morgan fingerprint density at radius 2 is 1.73 bits per heavy atom. The maximum absolute atomic E-state index is 14.1. The molecular weight excluding hydrogens is 533 g/mol. The van der Waals surface area contributed by atoms with E-state index in [1.807, 2.05) is 29.2 Å². The van der Waals surface area contributed by atoms with E-state index in [-0.39, 0.29) is 48.6 Å². The van der Waals surface area contributed by atoms with E-state index in [0.717, 1.165) is 55.1 Å². The Morgan fingerprint density at radius 1 is 1.05 bits per heavy atom. The molecule has 3 heterocycles. The molecule has 2 aromatic rings. The Labute approximate surface area is 237 Å². The summed E-state index contributed by atoms with van der Waals surface area (Å²) in [5.74, 6) is 1.17. The minimum absolute atomic E-state index is 0. The third-order valence-electron chi connectivity index (χ3n) is 8.06. The van der Waals surface area contributed by atoms with Crippen LogP contribution in [0.5, 0.6) is 0 Å². The molecule has 1 aliphatic carbocycles. The van der Waals surface area contributed by atoms with Crippen LogP contribution in [0.1, 0.15) is 74.8 Å². The molecule has 0 saturated carbocycles. The van der Waals surface area contributed by atoms with Crippen LogP contribution in [-0.2, 0) is 4.79 Å². The highest BCUT2D eigenvalue weighted by Crippen LogP contribution is 2.43. The molecule has 37 heavy (non-hydrogen) atoms. The number of rotatable bonds is 5. The Kier molecular flexibility index (Phi) is 10.1. The summed E-state index contributed by atoms with van der Waals surface area (Å²) in [6, 6.07) is 8.45. The number of carbonyl (C=O) groups excluding carboxylic acids is 1. The number of aliphatic hydroxyl groups is 1. The molecular formula is C27H38Cl3N5O2. The van der Waals surface area contributed by atoms with E-state index < -0.39 is 6.10 Å². The second-order valence-corrected chi connectivity index (χ2v) is 11.0. The van der Waals surface area contributed by atoms with Gasteiger partial charge in [0, 0.05) is 48.8 Å². The number of nitrogens with zero attached hydrogens (tertiary/aromatic N) is 5. The molecule has 0 radical (unpaired) electrons. The summed E-state index contributed by atoms with van der Waals surface area (Å²) in [5, 5.41) is 11.1. The third kappa shape index (κ3) is 5.86. The molecule has 1 N–H and O–H groups in total. The summed E-state index contributed by atoms with van der Waals surface area (Å²) in [4.78, 5) is 29.8. The van der Waals surface area contributed by atoms with Gasteiger partial charge in [-0.1, -0.05) is 30.7 Å². The van der Waals surface area contributed by atoms with Crippen molar-refractivity contribution in [3.63, 3.8) is 0 Å². The first kappa shape index (κ1) is 29.9. The van der Waals surface area contributed by atoms with Crippen LogP contribution < -0.4 is 4.90 Å². The van der Waals surface area contributed by atoms with Gasteiger partial charge in [0.05, 0.1) is 17.7 Å². The maximum atomic E-state index is 14.1. The summed E-state index contributed by atoms with van der Waals surface area (Å²) >= 11 is 6.18. The number of halogens is 3. The van der Waals surface area contributed by atoms with Gasteiger partial charge in [0.2, 0.25) is 5.91 Å². The summed E-state index contributed by atoms with van der Waals surface area (Å²) in [7, 11) is 0. The van der Waals surface area contributed by atoms with Gasteiger partial charge in [-0.15, -0.1) is 24.8 Å². The summed E-state index contributed by atoms with van der Waals surface area (Å²) in [5.41, 5.74) is 2.88. The second kappa shape index (κ2) is 12.5. The van der Waals surface area contributed by atoms with Gasteiger partial charge in [-0.05, 0) is 63.3 Å². The Balaban J connectivity index is 0.00000190. The van der Waals surface area contributed by atoms with Crippen LogP contribution in [0.25, 0.3) is 0 Å². The van der Waals surface area contributed by atoms with Crippen LogP contribution in [-0.4, -0.2) is 75.6 Å². The van der Waals surface area contributed by atoms with E-state index in [1.54, 1.807) is 6.33 Å². The predicted octanol–water partition coefficient (Wildman–Crippen LogP) is 4.82. The number of aromatic nitrogens is 2. The van der Waals surface area contributed by atoms with Crippen molar-refractivity contribution in [2.75, 3.05) is 37.6 Å². The van der Waals surface area contributed by atoms with Crippen molar-refractivity contribution in [2.24, 2.45) is 0 Å². The zero-order valence-electron chi connectivity index (χ0n) is 21.7. The Hall–Kier alpha value is -1.64. The average Bonchev–Trinajstić information content (AvgIpc) is 3.45. The van der Waals surface area contributed by atoms with Crippen LogP contribution >= 0.6 is 36.4 Å². The van der Waals surface area contributed by atoms with Gasteiger partial charge in [-0.3, -0.25) is 9.69 Å². The molecule has 1 aromatic carbocycles. The molecule has 0 spiro atoms. The molecule has 7 nitrogen and oxygen atoms in total. The van der Waals surface area contributed by atoms with E-state index in [0.29, 0.717) is 30.6 Å². The van der Waals surface area contributed by atoms with Crippen LogP contribution in [0.15, 0.2) is 30.6 Å². The Morgan fingerprint density at radius 3 is 2.38 bits per heavy atom. The molecule has 0 unspecified atom stereocenters. The SMILES string of the molecule is CC(C)N1CCC[C@H]1[C@@H](C(=O)N1CCN(c2ncnc3c2[C@H](C)C[C@H]3O)CC1)c1ccc(Cl)cc1.Cl.Cl. The second-order valence-electron chi connectivity index (χ2n) is 10.5. The van der Waals surface area contributed by atoms with Gasteiger partial charge in [-0.2, -0.15) is 0 Å². The van der Waals surface area contributed by atoms with Crippen LogP contribution in [0.3, 0.4) is 0 Å². The fourth-order valence-electron chi connectivity index (χ4n) is 6.30. The molecule has 2 fully saturated rings. The lowest BCUT2D eigenvalue weighted by Crippen LogP contribution is -2.53. The first-order valence-corrected chi connectivity index (χ1v) is 13.3. The quantitative estimate of drug-likeness (QED) is 0.556. The van der Waals surface area contributed by atoms with E-state index in [9.17, 15) is 9.90 Å². The van der Waals surface area contributed by atoms with Crippen molar-refractivity contribution in [1.82, 2.24) is 19.8 Å². The van der Waals surface area contributed by atoms with Gasteiger partial charge in [0.25, 0.3) is 0 Å². The number of hydrogen-bond acceptors (Lipinski definition) is 6. The van der Waals surface area contributed by atoms with Gasteiger partial charge < -0.3 is 14.9 Å². The number of piperazine rings is 1. The molecule has 5 rings (SSSR count). The topological polar surface area (TPSA) is 72.8 Å². The number of aliphatic hydroxyl groups excluding tert-OH is 1. The number of likely N-dealkylation sites (tertiary alicyclic amines) is 1. The number of anilines is 1. The lowest BCUT2D eigenvalue weighted by atomic mass is 9.87. The van der Waals surface area contributed by atoms with E-state index >= 15 is 0 Å².